The van der Waals surface area contributed by atoms with E-state index in [0.29, 0.717) is 28.4 Å². The summed E-state index contributed by atoms with van der Waals surface area (Å²) in [4.78, 5) is 21.8. The Morgan fingerprint density at radius 2 is 2.09 bits per heavy atom. The molecule has 0 unspecified atom stereocenters. The predicted molar refractivity (Wildman–Crippen MR) is 123 cm³/mol. The Hall–Kier alpha value is -4.32. The number of aryl methyl sites for hydroxylation is 1. The molecule has 0 aliphatic carbocycles. The van der Waals surface area contributed by atoms with Crippen LogP contribution in [0.1, 0.15) is 24.6 Å². The van der Waals surface area contributed by atoms with Crippen LogP contribution in [-0.4, -0.2) is 34.9 Å². The highest BCUT2D eigenvalue weighted by molar-refractivity contribution is 6.35. The predicted octanol–water partition coefficient (Wildman–Crippen LogP) is 3.41. The van der Waals surface area contributed by atoms with Crippen molar-refractivity contribution in [3.05, 3.63) is 69.6 Å². The quantitative estimate of drug-likeness (QED) is 0.342. The second-order valence-corrected chi connectivity index (χ2v) is 7.87. The summed E-state index contributed by atoms with van der Waals surface area (Å²) in [5.41, 5.74) is 6.41. The lowest BCUT2D eigenvalue weighted by molar-refractivity contribution is 0.532. The zero-order valence-electron chi connectivity index (χ0n) is 17.9. The molecule has 0 amide bonds. The van der Waals surface area contributed by atoms with Crippen LogP contribution < -0.4 is 16.6 Å². The highest BCUT2D eigenvalue weighted by Crippen LogP contribution is 2.32. The maximum absolute atomic E-state index is 13.8. The van der Waals surface area contributed by atoms with Crippen LogP contribution in [0.15, 0.2) is 45.9 Å². The Bertz CT molecular complexity index is 1590. The van der Waals surface area contributed by atoms with E-state index in [2.05, 4.69) is 35.7 Å². The van der Waals surface area contributed by atoms with Crippen molar-refractivity contribution >= 4 is 34.0 Å². The first-order valence-electron chi connectivity index (χ1n) is 10.1. The van der Waals surface area contributed by atoms with E-state index in [1.165, 1.54) is 10.9 Å². The molecule has 0 saturated carbocycles. The molecule has 11 nitrogen and oxygen atoms in total. The third-order valence-corrected chi connectivity index (χ3v) is 5.51. The molecule has 0 saturated heterocycles. The van der Waals surface area contributed by atoms with Crippen molar-refractivity contribution in [3.63, 3.8) is 0 Å². The molecule has 0 spiro atoms. The monoisotopic (exact) mass is 481 g/mol. The molecule has 4 aromatic heterocycles. The lowest BCUT2D eigenvalue weighted by Gasteiger charge is -2.21. The second-order valence-electron chi connectivity index (χ2n) is 7.46. The van der Waals surface area contributed by atoms with Crippen molar-refractivity contribution in [2.45, 2.75) is 19.9 Å². The first-order valence-corrected chi connectivity index (χ1v) is 10.4. The van der Waals surface area contributed by atoms with Gasteiger partial charge in [-0.05, 0) is 24.4 Å². The Balaban J connectivity index is 1.67. The van der Waals surface area contributed by atoms with Crippen LogP contribution in [0.2, 0.25) is 5.02 Å². The van der Waals surface area contributed by atoms with Crippen LogP contribution in [0, 0.1) is 12.9 Å². The number of hydrogen-bond acceptors (Lipinski definition) is 9. The zero-order valence-corrected chi connectivity index (χ0v) is 18.6. The van der Waals surface area contributed by atoms with Crippen molar-refractivity contribution in [1.82, 2.24) is 34.9 Å². The van der Waals surface area contributed by atoms with Gasteiger partial charge < -0.3 is 15.5 Å². The standard InChI is InChI=1S/C21H17ClFN9O2/c1-9(27-19-17(18(24)25-8-26-19)20-31-28-10(2)34-20)13-6-11-4-3-5-12(22)16(11)21(33)32(13)15-7-14(23)29-30-15/h3-9H,1-2H3,(H,29,30)(H3,24,25,26,27)/t9-/m0/s1. The van der Waals surface area contributed by atoms with E-state index in [1.54, 1.807) is 38.1 Å². The van der Waals surface area contributed by atoms with E-state index in [-0.39, 0.29) is 27.9 Å². The Kier molecular flexibility index (Phi) is 5.21. The molecule has 5 aromatic rings. The van der Waals surface area contributed by atoms with Gasteiger partial charge in [0.25, 0.3) is 11.4 Å². The minimum Gasteiger partial charge on any atom is -0.421 e. The molecule has 0 fully saturated rings. The van der Waals surface area contributed by atoms with Gasteiger partial charge in [0.05, 0.1) is 22.1 Å². The smallest absolute Gasteiger partial charge is 0.266 e. The number of fused-ring (bicyclic) bond motifs is 1. The van der Waals surface area contributed by atoms with E-state index in [4.69, 9.17) is 21.8 Å². The second kappa shape index (κ2) is 8.23. The van der Waals surface area contributed by atoms with Gasteiger partial charge in [0.2, 0.25) is 11.8 Å². The molecular weight excluding hydrogens is 465 g/mol. The maximum Gasteiger partial charge on any atom is 0.266 e. The average Bonchev–Trinajstić information content (AvgIpc) is 3.41. The number of aromatic nitrogens is 7. The molecule has 0 radical (unpaired) electrons. The van der Waals surface area contributed by atoms with Gasteiger partial charge >= 0.3 is 0 Å². The summed E-state index contributed by atoms with van der Waals surface area (Å²) in [6, 6.07) is 7.47. The third-order valence-electron chi connectivity index (χ3n) is 5.20. The van der Waals surface area contributed by atoms with Crippen LogP contribution in [0.4, 0.5) is 16.0 Å². The number of pyridine rings is 1. The topological polar surface area (TPSA) is 153 Å². The number of nitrogens with zero attached hydrogens (tertiary/aromatic N) is 6. The normalized spacial score (nSPS) is 12.2. The number of anilines is 2. The summed E-state index contributed by atoms with van der Waals surface area (Å²) in [6.07, 6.45) is 1.29. The molecule has 4 heterocycles. The first kappa shape index (κ1) is 21.5. The Morgan fingerprint density at radius 1 is 1.26 bits per heavy atom. The fraction of sp³-hybridized carbons (Fsp3) is 0.143. The maximum atomic E-state index is 13.8. The van der Waals surface area contributed by atoms with E-state index in [9.17, 15) is 9.18 Å². The van der Waals surface area contributed by atoms with Gasteiger partial charge in [-0.1, -0.05) is 23.7 Å². The summed E-state index contributed by atoms with van der Waals surface area (Å²) >= 11 is 6.31. The first-order chi connectivity index (χ1) is 16.3. The molecule has 34 heavy (non-hydrogen) atoms. The van der Waals surface area contributed by atoms with Crippen LogP contribution in [0.25, 0.3) is 28.0 Å². The largest absolute Gasteiger partial charge is 0.421 e. The van der Waals surface area contributed by atoms with Crippen LogP contribution in [0.5, 0.6) is 0 Å². The van der Waals surface area contributed by atoms with Crippen molar-refractivity contribution < 1.29 is 8.81 Å². The number of nitrogens with one attached hydrogen (secondary N) is 2. The molecule has 0 bridgehead atoms. The number of nitrogens with two attached hydrogens (primary N) is 1. The van der Waals surface area contributed by atoms with E-state index in [0.717, 1.165) is 6.07 Å². The third kappa shape index (κ3) is 3.63. The summed E-state index contributed by atoms with van der Waals surface area (Å²) in [6.45, 7) is 3.44. The highest BCUT2D eigenvalue weighted by atomic mass is 35.5. The number of nitrogen functional groups attached to an aromatic ring is 1. The van der Waals surface area contributed by atoms with E-state index >= 15 is 0 Å². The van der Waals surface area contributed by atoms with E-state index in [1.807, 2.05) is 0 Å². The molecular formula is C21H17ClFN9O2. The lowest BCUT2D eigenvalue weighted by Crippen LogP contribution is -2.26. The molecule has 4 N–H and O–H groups in total. The van der Waals surface area contributed by atoms with Gasteiger partial charge in [-0.15, -0.1) is 10.2 Å². The SMILES string of the molecule is Cc1nnc(-c2c(N)ncnc2N[C@@H](C)c2cc3cccc(Cl)c3c(=O)n2-c2cc(F)[nH]n2)o1. The molecule has 1 aromatic carbocycles. The number of aromatic amines is 1. The Labute approximate surface area is 195 Å². The highest BCUT2D eigenvalue weighted by Gasteiger charge is 2.23. The molecule has 1 atom stereocenters. The van der Waals surface area contributed by atoms with Gasteiger partial charge in [-0.2, -0.15) is 9.49 Å². The number of benzene rings is 1. The van der Waals surface area contributed by atoms with Crippen LogP contribution in [-0.2, 0) is 0 Å². The molecule has 172 valence electrons. The Morgan fingerprint density at radius 3 is 2.79 bits per heavy atom. The van der Waals surface area contributed by atoms with Crippen LogP contribution >= 0.6 is 11.6 Å². The fourth-order valence-corrected chi connectivity index (χ4v) is 3.96. The van der Waals surface area contributed by atoms with Gasteiger partial charge in [0.1, 0.15) is 23.5 Å². The number of H-pyrrole nitrogens is 1. The molecule has 5 rings (SSSR count). The molecule has 0 aliphatic rings. The van der Waals surface area contributed by atoms with E-state index < -0.39 is 17.5 Å². The summed E-state index contributed by atoms with van der Waals surface area (Å²) in [5.74, 6) is 0.307. The number of rotatable bonds is 5. The lowest BCUT2D eigenvalue weighted by atomic mass is 10.1. The minimum absolute atomic E-state index is 0.0721. The van der Waals surface area contributed by atoms with Crippen LogP contribution in [0.3, 0.4) is 0 Å². The van der Waals surface area contributed by atoms with Gasteiger partial charge in [-0.3, -0.25) is 14.5 Å². The van der Waals surface area contributed by atoms with Crippen molar-refractivity contribution in [1.29, 1.82) is 0 Å². The summed E-state index contributed by atoms with van der Waals surface area (Å²) < 4.78 is 20.6. The summed E-state index contributed by atoms with van der Waals surface area (Å²) in [5, 5.41) is 18.4. The minimum atomic E-state index is -0.689. The van der Waals surface area contributed by atoms with Gasteiger partial charge in [0.15, 0.2) is 5.82 Å². The van der Waals surface area contributed by atoms with Crippen molar-refractivity contribution in [3.8, 4) is 17.3 Å². The number of halogens is 2. The number of hydrogen-bond donors (Lipinski definition) is 3. The average molecular weight is 482 g/mol. The van der Waals surface area contributed by atoms with Gasteiger partial charge in [-0.25, -0.2) is 9.97 Å². The zero-order chi connectivity index (χ0) is 24.0. The molecule has 0 aliphatic heterocycles. The van der Waals surface area contributed by atoms with Gasteiger partial charge in [0, 0.05) is 13.0 Å². The molecule has 13 heteroatoms. The van der Waals surface area contributed by atoms with Crippen molar-refractivity contribution in [2.24, 2.45) is 0 Å². The summed E-state index contributed by atoms with van der Waals surface area (Å²) in [7, 11) is 0. The van der Waals surface area contributed by atoms with Crippen molar-refractivity contribution in [2.75, 3.05) is 11.1 Å². The fourth-order valence-electron chi connectivity index (χ4n) is 3.69.